The van der Waals surface area contributed by atoms with Crippen molar-refractivity contribution in [3.63, 3.8) is 0 Å². The van der Waals surface area contributed by atoms with E-state index >= 15 is 0 Å². The van der Waals surface area contributed by atoms with E-state index in [2.05, 4.69) is 5.32 Å². The fourth-order valence-electron chi connectivity index (χ4n) is 3.03. The average molecular weight is 266 g/mol. The van der Waals surface area contributed by atoms with Gasteiger partial charge in [-0.3, -0.25) is 4.79 Å². The lowest BCUT2D eigenvalue weighted by molar-refractivity contribution is -0.144. The highest BCUT2D eigenvalue weighted by Crippen LogP contribution is 2.27. The SMILES string of the molecule is NC1C=CC(C(=O)NC(C(=O)O)C2CCCCC2)C1. The number of amides is 1. The minimum absolute atomic E-state index is 0.0641. The number of hydrogen-bond donors (Lipinski definition) is 3. The van der Waals surface area contributed by atoms with Gasteiger partial charge in [-0.15, -0.1) is 0 Å². The van der Waals surface area contributed by atoms with E-state index in [-0.39, 0.29) is 23.8 Å². The molecule has 0 heterocycles. The molecule has 19 heavy (non-hydrogen) atoms. The number of aliphatic carboxylic acids is 1. The number of carboxylic acid groups (broad SMARTS) is 1. The highest BCUT2D eigenvalue weighted by Gasteiger charge is 2.33. The van der Waals surface area contributed by atoms with Crippen molar-refractivity contribution in [2.75, 3.05) is 0 Å². The van der Waals surface area contributed by atoms with Crippen LogP contribution in [0.15, 0.2) is 12.2 Å². The number of nitrogens with one attached hydrogen (secondary N) is 1. The molecule has 0 aliphatic heterocycles. The van der Waals surface area contributed by atoms with Crippen LogP contribution in [0.2, 0.25) is 0 Å². The van der Waals surface area contributed by atoms with Crippen LogP contribution >= 0.6 is 0 Å². The van der Waals surface area contributed by atoms with Crippen LogP contribution in [0.3, 0.4) is 0 Å². The van der Waals surface area contributed by atoms with E-state index in [9.17, 15) is 14.7 Å². The average Bonchev–Trinajstić information content (AvgIpc) is 2.83. The lowest BCUT2D eigenvalue weighted by Gasteiger charge is -2.28. The third-order valence-corrected chi connectivity index (χ3v) is 4.14. The summed E-state index contributed by atoms with van der Waals surface area (Å²) in [7, 11) is 0. The number of carbonyl (C=O) groups excluding carboxylic acids is 1. The Labute approximate surface area is 113 Å². The van der Waals surface area contributed by atoms with Crippen LogP contribution in [-0.4, -0.2) is 29.1 Å². The van der Waals surface area contributed by atoms with Crippen molar-refractivity contribution in [1.82, 2.24) is 5.32 Å². The van der Waals surface area contributed by atoms with E-state index < -0.39 is 12.0 Å². The standard InChI is InChI=1S/C14H22N2O3/c15-11-7-6-10(8-11)13(17)16-12(14(18)19)9-4-2-1-3-5-9/h6-7,9-12H,1-5,8,15H2,(H,16,17)(H,18,19). The number of carbonyl (C=O) groups is 2. The molecule has 3 unspecified atom stereocenters. The normalized spacial score (nSPS) is 29.1. The van der Waals surface area contributed by atoms with Crippen molar-refractivity contribution in [2.45, 2.75) is 50.6 Å². The van der Waals surface area contributed by atoms with Crippen molar-refractivity contribution in [3.05, 3.63) is 12.2 Å². The molecule has 2 rings (SSSR count). The quantitative estimate of drug-likeness (QED) is 0.663. The van der Waals surface area contributed by atoms with E-state index in [1.807, 2.05) is 0 Å². The highest BCUT2D eigenvalue weighted by molar-refractivity contribution is 5.86. The second-order valence-corrected chi connectivity index (χ2v) is 5.61. The fraction of sp³-hybridized carbons (Fsp3) is 0.714. The summed E-state index contributed by atoms with van der Waals surface area (Å²) in [6.45, 7) is 0. The van der Waals surface area contributed by atoms with Gasteiger partial charge in [0.25, 0.3) is 0 Å². The summed E-state index contributed by atoms with van der Waals surface area (Å²) in [5.74, 6) is -1.34. The third kappa shape index (κ3) is 3.56. The van der Waals surface area contributed by atoms with Crippen molar-refractivity contribution in [2.24, 2.45) is 17.6 Å². The van der Waals surface area contributed by atoms with Gasteiger partial charge in [-0.1, -0.05) is 31.4 Å². The largest absolute Gasteiger partial charge is 0.480 e. The Kier molecular flexibility index (Phi) is 4.58. The summed E-state index contributed by atoms with van der Waals surface area (Å²) in [6, 6.07) is -0.841. The predicted molar refractivity (Wildman–Crippen MR) is 71.4 cm³/mol. The van der Waals surface area contributed by atoms with Gasteiger partial charge in [0.05, 0.1) is 5.92 Å². The zero-order valence-corrected chi connectivity index (χ0v) is 11.0. The molecule has 0 spiro atoms. The molecule has 0 aromatic carbocycles. The summed E-state index contributed by atoms with van der Waals surface area (Å²) < 4.78 is 0. The van der Waals surface area contributed by atoms with Gasteiger partial charge in [0.15, 0.2) is 0 Å². The Hall–Kier alpha value is -1.36. The van der Waals surface area contributed by atoms with Gasteiger partial charge < -0.3 is 16.2 Å². The number of hydrogen-bond acceptors (Lipinski definition) is 3. The molecule has 4 N–H and O–H groups in total. The number of carboxylic acids is 1. The Morgan fingerprint density at radius 1 is 1.21 bits per heavy atom. The van der Waals surface area contributed by atoms with Crippen molar-refractivity contribution < 1.29 is 14.7 Å². The Balaban J connectivity index is 1.94. The molecule has 0 bridgehead atoms. The Bertz CT molecular complexity index is 375. The van der Waals surface area contributed by atoms with Crippen LogP contribution in [0.5, 0.6) is 0 Å². The summed E-state index contributed by atoms with van der Waals surface area (Å²) >= 11 is 0. The van der Waals surface area contributed by atoms with E-state index in [4.69, 9.17) is 5.73 Å². The maximum absolute atomic E-state index is 12.1. The zero-order valence-electron chi connectivity index (χ0n) is 11.0. The van der Waals surface area contributed by atoms with E-state index in [1.54, 1.807) is 12.2 Å². The van der Waals surface area contributed by atoms with E-state index in [0.717, 1.165) is 32.1 Å². The first-order valence-corrected chi connectivity index (χ1v) is 7.05. The highest BCUT2D eigenvalue weighted by atomic mass is 16.4. The van der Waals surface area contributed by atoms with Gasteiger partial charge in [-0.05, 0) is 25.2 Å². The molecule has 1 amide bonds. The molecule has 1 saturated carbocycles. The predicted octanol–water partition coefficient (Wildman–Crippen LogP) is 1.04. The van der Waals surface area contributed by atoms with Crippen LogP contribution in [-0.2, 0) is 9.59 Å². The molecule has 5 heteroatoms. The second kappa shape index (κ2) is 6.19. The van der Waals surface area contributed by atoms with Crippen LogP contribution < -0.4 is 11.1 Å². The number of rotatable bonds is 4. The fourth-order valence-corrected chi connectivity index (χ4v) is 3.03. The van der Waals surface area contributed by atoms with Gasteiger partial charge in [-0.2, -0.15) is 0 Å². The molecule has 2 aliphatic carbocycles. The maximum atomic E-state index is 12.1. The minimum atomic E-state index is -0.925. The van der Waals surface area contributed by atoms with Crippen LogP contribution in [0.25, 0.3) is 0 Å². The van der Waals surface area contributed by atoms with E-state index in [0.29, 0.717) is 6.42 Å². The molecule has 106 valence electrons. The van der Waals surface area contributed by atoms with Gasteiger partial charge in [0, 0.05) is 6.04 Å². The topological polar surface area (TPSA) is 92.4 Å². The molecular weight excluding hydrogens is 244 g/mol. The monoisotopic (exact) mass is 266 g/mol. The molecule has 0 radical (unpaired) electrons. The first-order chi connectivity index (χ1) is 9.08. The molecule has 0 aromatic rings. The summed E-state index contributed by atoms with van der Waals surface area (Å²) in [4.78, 5) is 23.4. The Morgan fingerprint density at radius 3 is 2.42 bits per heavy atom. The zero-order chi connectivity index (χ0) is 13.8. The minimum Gasteiger partial charge on any atom is -0.480 e. The van der Waals surface area contributed by atoms with Crippen molar-refractivity contribution >= 4 is 11.9 Å². The van der Waals surface area contributed by atoms with Crippen LogP contribution in [0.4, 0.5) is 0 Å². The first-order valence-electron chi connectivity index (χ1n) is 7.05. The Morgan fingerprint density at radius 2 is 1.89 bits per heavy atom. The lowest BCUT2D eigenvalue weighted by Crippen LogP contribution is -2.48. The van der Waals surface area contributed by atoms with Crippen molar-refractivity contribution in [1.29, 1.82) is 0 Å². The first kappa shape index (κ1) is 14.1. The van der Waals surface area contributed by atoms with Gasteiger partial charge >= 0.3 is 5.97 Å². The summed E-state index contributed by atoms with van der Waals surface area (Å²) in [5, 5.41) is 12.0. The van der Waals surface area contributed by atoms with E-state index in [1.165, 1.54) is 0 Å². The summed E-state index contributed by atoms with van der Waals surface area (Å²) in [5.41, 5.74) is 5.71. The van der Waals surface area contributed by atoms with Gasteiger partial charge in [0.1, 0.15) is 6.04 Å². The van der Waals surface area contributed by atoms with Gasteiger partial charge in [-0.25, -0.2) is 4.79 Å². The van der Waals surface area contributed by atoms with Crippen molar-refractivity contribution in [3.8, 4) is 0 Å². The maximum Gasteiger partial charge on any atom is 0.326 e. The molecule has 5 nitrogen and oxygen atoms in total. The number of nitrogens with two attached hydrogens (primary N) is 1. The van der Waals surface area contributed by atoms with Crippen LogP contribution in [0, 0.1) is 11.8 Å². The molecule has 3 atom stereocenters. The van der Waals surface area contributed by atoms with Crippen LogP contribution in [0.1, 0.15) is 38.5 Å². The van der Waals surface area contributed by atoms with Gasteiger partial charge in [0.2, 0.25) is 5.91 Å². The third-order valence-electron chi connectivity index (χ3n) is 4.14. The molecule has 0 saturated heterocycles. The summed E-state index contributed by atoms with van der Waals surface area (Å²) in [6.07, 6.45) is 9.20. The molecule has 1 fully saturated rings. The molecular formula is C14H22N2O3. The smallest absolute Gasteiger partial charge is 0.326 e. The lowest BCUT2D eigenvalue weighted by atomic mass is 9.83. The second-order valence-electron chi connectivity index (χ2n) is 5.61. The molecule has 0 aromatic heterocycles. The molecule has 2 aliphatic rings.